The smallest absolute Gasteiger partial charge is 0.0939 e. The molecule has 1 aromatic heterocycles. The predicted octanol–water partition coefficient (Wildman–Crippen LogP) is 5.80. The Balaban J connectivity index is 2.35. The number of aryl methyl sites for hydroxylation is 1. The maximum Gasteiger partial charge on any atom is 0.0939 e. The minimum absolute atomic E-state index is 0.120. The van der Waals surface area contributed by atoms with Gasteiger partial charge in [-0.3, -0.25) is 0 Å². The van der Waals surface area contributed by atoms with E-state index in [1.807, 2.05) is 24.3 Å². The lowest BCUT2D eigenvalue weighted by Gasteiger charge is -2.08. The van der Waals surface area contributed by atoms with Crippen LogP contribution in [0.5, 0.6) is 0 Å². The van der Waals surface area contributed by atoms with Gasteiger partial charge in [-0.15, -0.1) is 22.9 Å². The third kappa shape index (κ3) is 2.62. The van der Waals surface area contributed by atoms with Crippen LogP contribution in [0.15, 0.2) is 34.8 Å². The van der Waals surface area contributed by atoms with Gasteiger partial charge < -0.3 is 0 Å². The van der Waals surface area contributed by atoms with Crippen molar-refractivity contribution in [3.05, 3.63) is 55.1 Å². The summed E-state index contributed by atoms with van der Waals surface area (Å²) in [6.07, 6.45) is 0. The maximum atomic E-state index is 6.44. The van der Waals surface area contributed by atoms with Crippen LogP contribution in [-0.2, 0) is 0 Å². The molecule has 1 aromatic carbocycles. The van der Waals surface area contributed by atoms with E-state index in [0.29, 0.717) is 0 Å². The molecule has 0 aliphatic rings. The van der Waals surface area contributed by atoms with Crippen molar-refractivity contribution in [3.8, 4) is 0 Å². The number of thiophene rings is 1. The first-order valence-electron chi connectivity index (χ1n) is 4.73. The molecule has 1 heterocycles. The number of halogens is 3. The molecule has 0 aliphatic heterocycles. The Morgan fingerprint density at radius 3 is 2.38 bits per heavy atom. The van der Waals surface area contributed by atoms with Gasteiger partial charge >= 0.3 is 0 Å². The van der Waals surface area contributed by atoms with E-state index in [4.69, 9.17) is 23.2 Å². The average Bonchev–Trinajstić information content (AvgIpc) is 2.58. The number of hydrogen-bond donors (Lipinski definition) is 0. The van der Waals surface area contributed by atoms with Gasteiger partial charge in [0, 0.05) is 19.2 Å². The van der Waals surface area contributed by atoms with E-state index in [2.05, 4.69) is 28.9 Å². The lowest BCUT2D eigenvalue weighted by Crippen LogP contribution is -1.90. The molecule has 2 aromatic rings. The SMILES string of the molecule is Cc1cc(Br)c(C(Cl)c2ccc(Cl)cc2)s1. The fraction of sp³-hybridized carbons (Fsp3) is 0.167. The maximum absolute atomic E-state index is 6.44. The molecule has 0 amide bonds. The van der Waals surface area contributed by atoms with Gasteiger partial charge in [0.05, 0.1) is 5.38 Å². The van der Waals surface area contributed by atoms with Crippen molar-refractivity contribution in [1.29, 1.82) is 0 Å². The van der Waals surface area contributed by atoms with E-state index in [9.17, 15) is 0 Å². The number of alkyl halides is 1. The van der Waals surface area contributed by atoms with E-state index in [-0.39, 0.29) is 5.38 Å². The Morgan fingerprint density at radius 1 is 1.25 bits per heavy atom. The summed E-state index contributed by atoms with van der Waals surface area (Å²) >= 11 is 17.5. The second-order valence-corrected chi connectivity index (χ2v) is 6.50. The molecule has 0 bridgehead atoms. The highest BCUT2D eigenvalue weighted by Gasteiger charge is 2.16. The Morgan fingerprint density at radius 2 is 1.88 bits per heavy atom. The van der Waals surface area contributed by atoms with Gasteiger partial charge in [-0.05, 0) is 46.6 Å². The van der Waals surface area contributed by atoms with Crippen LogP contribution in [-0.4, -0.2) is 0 Å². The molecule has 0 aliphatic carbocycles. The first-order chi connectivity index (χ1) is 7.58. The van der Waals surface area contributed by atoms with Crippen molar-refractivity contribution in [1.82, 2.24) is 0 Å². The van der Waals surface area contributed by atoms with Crippen molar-refractivity contribution in [3.63, 3.8) is 0 Å². The quantitative estimate of drug-likeness (QED) is 0.608. The zero-order chi connectivity index (χ0) is 11.7. The van der Waals surface area contributed by atoms with Crippen LogP contribution in [0.4, 0.5) is 0 Å². The van der Waals surface area contributed by atoms with Crippen LogP contribution in [0, 0.1) is 6.92 Å². The molecule has 0 saturated heterocycles. The van der Waals surface area contributed by atoms with E-state index in [1.165, 1.54) is 4.88 Å². The minimum Gasteiger partial charge on any atom is -0.143 e. The largest absolute Gasteiger partial charge is 0.143 e. The van der Waals surface area contributed by atoms with E-state index in [1.54, 1.807) is 11.3 Å². The topological polar surface area (TPSA) is 0 Å². The van der Waals surface area contributed by atoms with Crippen LogP contribution in [0.25, 0.3) is 0 Å². The van der Waals surface area contributed by atoms with Crippen LogP contribution in [0.2, 0.25) is 5.02 Å². The Kier molecular flexibility index (Phi) is 3.96. The lowest BCUT2D eigenvalue weighted by molar-refractivity contribution is 1.17. The zero-order valence-corrected chi connectivity index (χ0v) is 12.4. The molecule has 0 spiro atoms. The lowest BCUT2D eigenvalue weighted by atomic mass is 10.1. The molecule has 1 atom stereocenters. The summed E-state index contributed by atoms with van der Waals surface area (Å²) in [5.41, 5.74) is 1.06. The molecule has 1 unspecified atom stereocenters. The first kappa shape index (κ1) is 12.4. The summed E-state index contributed by atoms with van der Waals surface area (Å²) in [5.74, 6) is 0. The highest BCUT2D eigenvalue weighted by molar-refractivity contribution is 9.10. The molecule has 4 heteroatoms. The fourth-order valence-corrected chi connectivity index (χ4v) is 4.00. The van der Waals surface area contributed by atoms with Gasteiger partial charge in [-0.25, -0.2) is 0 Å². The number of rotatable bonds is 2. The van der Waals surface area contributed by atoms with Crippen molar-refractivity contribution in [2.45, 2.75) is 12.3 Å². The van der Waals surface area contributed by atoms with Crippen LogP contribution in [0.3, 0.4) is 0 Å². The third-order valence-corrected chi connectivity index (χ3v) is 5.11. The van der Waals surface area contributed by atoms with Gasteiger partial charge in [0.2, 0.25) is 0 Å². The molecule has 16 heavy (non-hydrogen) atoms. The van der Waals surface area contributed by atoms with Crippen molar-refractivity contribution < 1.29 is 0 Å². The summed E-state index contributed by atoms with van der Waals surface area (Å²) < 4.78 is 1.07. The average molecular weight is 336 g/mol. The van der Waals surface area contributed by atoms with E-state index >= 15 is 0 Å². The first-order valence-corrected chi connectivity index (χ1v) is 7.15. The monoisotopic (exact) mass is 334 g/mol. The van der Waals surface area contributed by atoms with Gasteiger partial charge in [-0.2, -0.15) is 0 Å². The molecule has 2 rings (SSSR count). The summed E-state index contributed by atoms with van der Waals surface area (Å²) in [6, 6.07) is 9.73. The standard InChI is InChI=1S/C12H9BrCl2S/c1-7-6-10(13)12(16-7)11(15)8-2-4-9(14)5-3-8/h2-6,11H,1H3. The molecule has 84 valence electrons. The van der Waals surface area contributed by atoms with Crippen molar-refractivity contribution in [2.24, 2.45) is 0 Å². The number of hydrogen-bond acceptors (Lipinski definition) is 1. The molecular weight excluding hydrogens is 327 g/mol. The fourth-order valence-electron chi connectivity index (χ4n) is 1.46. The van der Waals surface area contributed by atoms with Crippen molar-refractivity contribution in [2.75, 3.05) is 0 Å². The Bertz CT molecular complexity index is 490. The van der Waals surface area contributed by atoms with Gasteiger partial charge in [0.15, 0.2) is 0 Å². The molecule has 0 radical (unpaired) electrons. The Hall–Kier alpha value is -0.0200. The molecule has 0 saturated carbocycles. The third-order valence-electron chi connectivity index (χ3n) is 2.23. The van der Waals surface area contributed by atoms with Crippen molar-refractivity contribution >= 4 is 50.5 Å². The molecule has 0 fully saturated rings. The van der Waals surface area contributed by atoms with Crippen LogP contribution in [0.1, 0.15) is 20.7 Å². The van der Waals surface area contributed by atoms with Gasteiger partial charge in [0.1, 0.15) is 0 Å². The summed E-state index contributed by atoms with van der Waals surface area (Å²) in [7, 11) is 0. The van der Waals surface area contributed by atoms with Crippen LogP contribution >= 0.6 is 50.5 Å². The second-order valence-electron chi connectivity index (χ2n) is 3.48. The molecular formula is C12H9BrCl2S. The van der Waals surface area contributed by atoms with Gasteiger partial charge in [0.25, 0.3) is 0 Å². The highest BCUT2D eigenvalue weighted by atomic mass is 79.9. The summed E-state index contributed by atoms with van der Waals surface area (Å²) in [6.45, 7) is 2.07. The van der Waals surface area contributed by atoms with Gasteiger partial charge in [-0.1, -0.05) is 23.7 Å². The van der Waals surface area contributed by atoms with Crippen LogP contribution < -0.4 is 0 Å². The Labute approximate surface area is 117 Å². The van der Waals surface area contributed by atoms with E-state index in [0.717, 1.165) is 19.9 Å². The number of benzene rings is 1. The molecule has 0 nitrogen and oxygen atoms in total. The second kappa shape index (κ2) is 5.09. The summed E-state index contributed by atoms with van der Waals surface area (Å²) in [4.78, 5) is 2.39. The minimum atomic E-state index is -0.120. The normalized spacial score (nSPS) is 12.8. The zero-order valence-electron chi connectivity index (χ0n) is 8.51. The highest BCUT2D eigenvalue weighted by Crippen LogP contribution is 2.39. The predicted molar refractivity (Wildman–Crippen MR) is 75.9 cm³/mol. The van der Waals surface area contributed by atoms with E-state index < -0.39 is 0 Å². The molecule has 0 N–H and O–H groups in total. The summed E-state index contributed by atoms with van der Waals surface area (Å²) in [5, 5.41) is 0.611.